The van der Waals surface area contributed by atoms with E-state index in [1.807, 2.05) is 0 Å². The number of rotatable bonds is 4. The molecule has 6 heteroatoms. The molecule has 0 saturated heterocycles. The van der Waals surface area contributed by atoms with E-state index >= 15 is 0 Å². The number of H-pyrrole nitrogens is 2. The van der Waals surface area contributed by atoms with Gasteiger partial charge in [-0.1, -0.05) is 76.7 Å². The summed E-state index contributed by atoms with van der Waals surface area (Å²) in [6, 6.07) is 24.5. The number of nitrogens with zero attached hydrogens (tertiary/aromatic N) is 2. The van der Waals surface area contributed by atoms with E-state index in [9.17, 15) is 0 Å². The lowest BCUT2D eigenvalue weighted by molar-refractivity contribution is 1.27. The summed E-state index contributed by atoms with van der Waals surface area (Å²) in [4.78, 5) is 19.2. The molecule has 0 aliphatic carbocycles. The van der Waals surface area contributed by atoms with Crippen molar-refractivity contribution in [2.45, 2.75) is 83.1 Å². The molecule has 7 aromatic rings. The minimum Gasteiger partial charge on any atom is -0.377 e. The van der Waals surface area contributed by atoms with E-state index in [0.29, 0.717) is 5.56 Å². The van der Waals surface area contributed by atoms with E-state index < -0.39 is 0 Å². The van der Waals surface area contributed by atoms with Crippen molar-refractivity contribution in [3.8, 4) is 56.3 Å². The number of aromatic amines is 2. The van der Waals surface area contributed by atoms with Crippen LogP contribution in [0.4, 0.5) is 0 Å². The highest BCUT2D eigenvalue weighted by Gasteiger charge is 2.24. The third-order valence-corrected chi connectivity index (χ3v) is 12.9. The average molecular weight is 849 g/mol. The predicted molar refractivity (Wildman–Crippen MR) is 276 cm³/mol. The van der Waals surface area contributed by atoms with Crippen LogP contribution in [0.2, 0.25) is 0 Å². The monoisotopic (exact) mass is 848 g/mol. The van der Waals surface area contributed by atoms with Gasteiger partial charge in [-0.25, -0.2) is 9.97 Å². The van der Waals surface area contributed by atoms with Crippen molar-refractivity contribution < 1.29 is 0 Å². The number of nitrogens with one attached hydrogen (secondary N) is 3. The topological polar surface area (TPSA) is 107 Å². The molecular weight excluding hydrogens is 793 g/mol. The Morgan fingerprint density at radius 2 is 0.723 bits per heavy atom. The van der Waals surface area contributed by atoms with E-state index in [1.165, 1.54) is 44.5 Å². The summed E-state index contributed by atoms with van der Waals surface area (Å²) >= 11 is 0. The van der Waals surface area contributed by atoms with Crippen LogP contribution in [0.5, 0.6) is 0 Å². The second-order valence-corrected chi connectivity index (χ2v) is 18.4. The SMILES string of the molecule is Cc1cc(C)c(-c2c3nc(c(-c4c(C)cc(C)cc4C)c4cc(C#CC(=N)N)c([nH]4)c(-c4c(C)cc(C)cc4C)c4nc(c(-c5c(C)cc(C)cc5C)c5ccc2[nH]5)C=C4)C=C3)c(C)c1. The third-order valence-electron chi connectivity index (χ3n) is 12.9. The summed E-state index contributed by atoms with van der Waals surface area (Å²) in [5.74, 6) is 6.04. The van der Waals surface area contributed by atoms with E-state index in [4.69, 9.17) is 21.1 Å². The first-order valence-electron chi connectivity index (χ1n) is 22.4. The fourth-order valence-electron chi connectivity index (χ4n) is 10.9. The molecule has 0 saturated carbocycles. The van der Waals surface area contributed by atoms with Crippen LogP contribution < -0.4 is 5.73 Å². The van der Waals surface area contributed by atoms with Crippen LogP contribution in [-0.2, 0) is 0 Å². The number of hydrogen-bond acceptors (Lipinski definition) is 3. The highest BCUT2D eigenvalue weighted by atomic mass is 14.8. The minimum atomic E-state index is -0.204. The zero-order valence-electron chi connectivity index (χ0n) is 39.6. The van der Waals surface area contributed by atoms with Gasteiger partial charge in [-0.05, 0) is 198 Å². The standard InChI is InChI=1S/C59H56N6/c1-30-21-34(5)51(35(6)22-30)55-43-14-15-44(62-43)56(52-36(7)23-31(2)24-37(52)8)46-18-19-48(64-46)58(54-40(11)27-33(4)28-41(54)12)59-42(13-20-50(60)61)29-49(65-59)57(47-17-16-45(55)63-47)53-38(9)25-32(3)26-39(53)10/h14-19,21-29,62,65H,1-12H3,(H3,60,61). The number of nitrogens with two attached hydrogens (primary N) is 1. The maximum Gasteiger partial charge on any atom is 0.168 e. The Morgan fingerprint density at radius 3 is 1.06 bits per heavy atom. The molecule has 4 aromatic carbocycles. The minimum absolute atomic E-state index is 0.204. The van der Waals surface area contributed by atoms with Crippen molar-refractivity contribution in [2.75, 3.05) is 0 Å². The van der Waals surface area contributed by atoms with Gasteiger partial charge >= 0.3 is 0 Å². The highest BCUT2D eigenvalue weighted by molar-refractivity contribution is 6.04. The largest absolute Gasteiger partial charge is 0.377 e. The van der Waals surface area contributed by atoms with Gasteiger partial charge in [-0.15, -0.1) is 0 Å². The highest BCUT2D eigenvalue weighted by Crippen LogP contribution is 2.43. The fraction of sp³-hybridized carbons (Fsp3) is 0.203. The molecule has 0 spiro atoms. The van der Waals surface area contributed by atoms with Gasteiger partial charge in [0.05, 0.1) is 33.9 Å². The Balaban J connectivity index is 1.60. The molecule has 0 atom stereocenters. The predicted octanol–water partition coefficient (Wildman–Crippen LogP) is 14.3. The first-order chi connectivity index (χ1) is 31.0. The second-order valence-electron chi connectivity index (χ2n) is 18.4. The summed E-state index contributed by atoms with van der Waals surface area (Å²) < 4.78 is 0. The molecule has 2 aliphatic heterocycles. The van der Waals surface area contributed by atoms with E-state index in [-0.39, 0.29) is 5.84 Å². The molecule has 65 heavy (non-hydrogen) atoms. The van der Waals surface area contributed by atoms with Crippen molar-refractivity contribution in [3.05, 3.63) is 162 Å². The molecule has 9 rings (SSSR count). The Kier molecular flexibility index (Phi) is 10.7. The maximum atomic E-state index is 8.22. The van der Waals surface area contributed by atoms with Crippen molar-refractivity contribution in [1.29, 1.82) is 5.41 Å². The van der Waals surface area contributed by atoms with Crippen LogP contribution in [0.3, 0.4) is 0 Å². The number of amidine groups is 1. The van der Waals surface area contributed by atoms with Gasteiger partial charge in [0.15, 0.2) is 5.84 Å². The van der Waals surface area contributed by atoms with Gasteiger partial charge in [0.2, 0.25) is 0 Å². The summed E-state index contributed by atoms with van der Waals surface area (Å²) in [7, 11) is 0. The Morgan fingerprint density at radius 1 is 0.415 bits per heavy atom. The maximum absolute atomic E-state index is 8.22. The number of benzene rings is 4. The van der Waals surface area contributed by atoms with E-state index in [0.717, 1.165) is 112 Å². The molecule has 6 nitrogen and oxygen atoms in total. The first kappa shape index (κ1) is 42.8. The zero-order valence-corrected chi connectivity index (χ0v) is 39.6. The smallest absolute Gasteiger partial charge is 0.168 e. The lowest BCUT2D eigenvalue weighted by Crippen LogP contribution is -2.04. The van der Waals surface area contributed by atoms with Crippen LogP contribution in [-0.4, -0.2) is 25.8 Å². The number of hydrogen-bond donors (Lipinski definition) is 4. The fourth-order valence-corrected chi connectivity index (χ4v) is 10.9. The normalized spacial score (nSPS) is 11.9. The van der Waals surface area contributed by atoms with Gasteiger partial charge in [0.25, 0.3) is 0 Å². The van der Waals surface area contributed by atoms with Crippen molar-refractivity contribution in [1.82, 2.24) is 19.9 Å². The van der Waals surface area contributed by atoms with Crippen LogP contribution in [0.15, 0.2) is 66.7 Å². The second kappa shape index (κ2) is 16.3. The summed E-state index contributed by atoms with van der Waals surface area (Å²) in [5, 5.41) is 8.22. The molecule has 2 aliphatic rings. The molecule has 0 fully saturated rings. The van der Waals surface area contributed by atoms with Gasteiger partial charge in [-0.3, -0.25) is 5.41 Å². The van der Waals surface area contributed by atoms with Crippen LogP contribution in [0.1, 0.15) is 95.1 Å². The molecule has 322 valence electrons. The third kappa shape index (κ3) is 7.61. The van der Waals surface area contributed by atoms with Crippen molar-refractivity contribution in [2.24, 2.45) is 5.73 Å². The molecule has 0 amide bonds. The van der Waals surface area contributed by atoms with Crippen molar-refractivity contribution >= 4 is 52.2 Å². The van der Waals surface area contributed by atoms with Crippen molar-refractivity contribution in [3.63, 3.8) is 0 Å². The van der Waals surface area contributed by atoms with Gasteiger partial charge < -0.3 is 15.7 Å². The zero-order chi connectivity index (χ0) is 46.2. The quantitative estimate of drug-likeness (QED) is 0.0805. The van der Waals surface area contributed by atoms with E-state index in [1.54, 1.807) is 0 Å². The van der Waals surface area contributed by atoms with Gasteiger partial charge in [-0.2, -0.15) is 0 Å². The lowest BCUT2D eigenvalue weighted by Gasteiger charge is -2.15. The van der Waals surface area contributed by atoms with Gasteiger partial charge in [0.1, 0.15) is 0 Å². The molecule has 0 radical (unpaired) electrons. The number of fused-ring (bicyclic) bond motifs is 8. The molecule has 5 N–H and O–H groups in total. The van der Waals surface area contributed by atoms with Crippen LogP contribution in [0, 0.1) is 100 Å². The number of aryl methyl sites for hydroxylation is 12. The Bertz CT molecular complexity index is 3440. The number of aromatic nitrogens is 4. The summed E-state index contributed by atoms with van der Waals surface area (Å²) in [6.07, 6.45) is 8.63. The van der Waals surface area contributed by atoms with Gasteiger partial charge in [0, 0.05) is 38.8 Å². The molecule has 5 heterocycles. The molecular formula is C59H56N6. The molecule has 0 unspecified atom stereocenters. The Labute approximate surface area is 383 Å². The average Bonchev–Trinajstić information content (AvgIpc) is 4.04. The summed E-state index contributed by atoms with van der Waals surface area (Å²) in [6.45, 7) is 26.1. The summed E-state index contributed by atoms with van der Waals surface area (Å²) in [5.41, 5.74) is 36.2. The molecule has 8 bridgehead atoms. The lowest BCUT2D eigenvalue weighted by atomic mass is 9.92. The van der Waals surface area contributed by atoms with E-state index in [2.05, 4.69) is 196 Å². The van der Waals surface area contributed by atoms with Crippen LogP contribution in [0.25, 0.3) is 90.9 Å². The van der Waals surface area contributed by atoms with Crippen LogP contribution >= 0.6 is 0 Å². The molecule has 3 aromatic heterocycles. The Hall–Kier alpha value is -7.49. The first-order valence-corrected chi connectivity index (χ1v) is 22.4.